The number of nitrogens with one attached hydrogen (secondary N) is 1. The Morgan fingerprint density at radius 2 is 1.87 bits per heavy atom. The third-order valence-electron chi connectivity index (χ3n) is 5.08. The van der Waals surface area contributed by atoms with E-state index in [-0.39, 0.29) is 29.3 Å². The Bertz CT molecular complexity index is 982. The molecule has 3 rings (SSSR count). The number of ether oxygens (including phenoxy) is 1. The van der Waals surface area contributed by atoms with E-state index in [0.717, 1.165) is 25.9 Å². The molecule has 31 heavy (non-hydrogen) atoms. The molecule has 0 unspecified atom stereocenters. The van der Waals surface area contributed by atoms with Crippen LogP contribution < -0.4 is 10.2 Å². The Labute approximate surface area is 179 Å². The standard InChI is InChI=1S/C22H24N4O5/c1-16-19(6-5-7-20(16)26(29)30)22(28)24-23-14-17-8-10-18(11-9-17)31-15-21(27)25-12-3-2-4-13-25/h5-11,14H,2-4,12-13,15H2,1H3,(H,24,28)/b23-14-. The summed E-state index contributed by atoms with van der Waals surface area (Å²) < 4.78 is 5.56. The van der Waals surface area contributed by atoms with Crippen molar-refractivity contribution in [1.82, 2.24) is 10.3 Å². The van der Waals surface area contributed by atoms with Gasteiger partial charge in [0.2, 0.25) is 0 Å². The number of nitro groups is 1. The van der Waals surface area contributed by atoms with Crippen LogP contribution >= 0.6 is 0 Å². The highest BCUT2D eigenvalue weighted by Crippen LogP contribution is 2.21. The van der Waals surface area contributed by atoms with E-state index in [1.54, 1.807) is 24.3 Å². The first kappa shape index (κ1) is 21.9. The van der Waals surface area contributed by atoms with Gasteiger partial charge in [0.25, 0.3) is 17.5 Å². The van der Waals surface area contributed by atoms with Crippen LogP contribution in [0.5, 0.6) is 5.75 Å². The van der Waals surface area contributed by atoms with Crippen molar-refractivity contribution in [3.05, 3.63) is 69.3 Å². The number of piperidine rings is 1. The molecular formula is C22H24N4O5. The zero-order valence-corrected chi connectivity index (χ0v) is 17.2. The molecule has 0 aromatic heterocycles. The molecule has 2 aromatic carbocycles. The number of rotatable bonds is 7. The molecule has 9 nitrogen and oxygen atoms in total. The topological polar surface area (TPSA) is 114 Å². The largest absolute Gasteiger partial charge is 0.484 e. The van der Waals surface area contributed by atoms with Gasteiger partial charge in [-0.25, -0.2) is 5.43 Å². The first-order valence-electron chi connectivity index (χ1n) is 10.0. The van der Waals surface area contributed by atoms with Crippen LogP contribution in [0.1, 0.15) is 40.7 Å². The van der Waals surface area contributed by atoms with E-state index >= 15 is 0 Å². The van der Waals surface area contributed by atoms with Gasteiger partial charge in [0.1, 0.15) is 5.75 Å². The van der Waals surface area contributed by atoms with E-state index in [0.29, 0.717) is 11.3 Å². The maximum atomic E-state index is 12.3. The molecule has 0 saturated carbocycles. The number of carbonyl (C=O) groups excluding carboxylic acids is 2. The summed E-state index contributed by atoms with van der Waals surface area (Å²) in [6.07, 6.45) is 4.69. The van der Waals surface area contributed by atoms with Crippen molar-refractivity contribution in [1.29, 1.82) is 0 Å². The average molecular weight is 424 g/mol. The van der Waals surface area contributed by atoms with Crippen LogP contribution in [-0.4, -0.2) is 47.5 Å². The summed E-state index contributed by atoms with van der Waals surface area (Å²) in [4.78, 5) is 36.7. The van der Waals surface area contributed by atoms with Crippen LogP contribution in [0.15, 0.2) is 47.6 Å². The lowest BCUT2D eigenvalue weighted by molar-refractivity contribution is -0.385. The number of hydrogen-bond acceptors (Lipinski definition) is 6. The number of nitrogens with zero attached hydrogens (tertiary/aromatic N) is 3. The molecule has 2 amide bonds. The normalized spacial score (nSPS) is 13.8. The van der Waals surface area contributed by atoms with Gasteiger partial charge in [0.15, 0.2) is 6.61 Å². The van der Waals surface area contributed by atoms with Gasteiger partial charge in [-0.05, 0) is 62.1 Å². The molecule has 1 heterocycles. The van der Waals surface area contributed by atoms with Gasteiger partial charge in [-0.2, -0.15) is 5.10 Å². The average Bonchev–Trinajstić information content (AvgIpc) is 2.78. The van der Waals surface area contributed by atoms with Gasteiger partial charge in [-0.15, -0.1) is 0 Å². The molecule has 0 atom stereocenters. The quantitative estimate of drug-likeness (QED) is 0.417. The van der Waals surface area contributed by atoms with E-state index in [2.05, 4.69) is 10.5 Å². The summed E-state index contributed by atoms with van der Waals surface area (Å²) in [6.45, 7) is 3.11. The van der Waals surface area contributed by atoms with E-state index in [9.17, 15) is 19.7 Å². The van der Waals surface area contributed by atoms with Crippen molar-refractivity contribution in [2.24, 2.45) is 5.10 Å². The predicted octanol–water partition coefficient (Wildman–Crippen LogP) is 3.06. The van der Waals surface area contributed by atoms with E-state index in [4.69, 9.17) is 4.74 Å². The molecule has 1 fully saturated rings. The third kappa shape index (κ3) is 5.88. The van der Waals surface area contributed by atoms with E-state index < -0.39 is 10.8 Å². The van der Waals surface area contributed by atoms with Gasteiger partial charge in [0, 0.05) is 24.7 Å². The van der Waals surface area contributed by atoms with Gasteiger partial charge in [0.05, 0.1) is 16.7 Å². The highest BCUT2D eigenvalue weighted by Gasteiger charge is 2.18. The Morgan fingerprint density at radius 3 is 2.55 bits per heavy atom. The Kier molecular flexibility index (Phi) is 7.31. The summed E-state index contributed by atoms with van der Waals surface area (Å²) in [5.74, 6) is 0.0249. The lowest BCUT2D eigenvalue weighted by Crippen LogP contribution is -2.38. The first-order valence-corrected chi connectivity index (χ1v) is 10.0. The van der Waals surface area contributed by atoms with Gasteiger partial charge in [-0.3, -0.25) is 19.7 Å². The third-order valence-corrected chi connectivity index (χ3v) is 5.08. The highest BCUT2D eigenvalue weighted by atomic mass is 16.6. The van der Waals surface area contributed by atoms with Crippen molar-refractivity contribution < 1.29 is 19.2 Å². The van der Waals surface area contributed by atoms with E-state index in [1.807, 2.05) is 4.90 Å². The maximum Gasteiger partial charge on any atom is 0.273 e. The summed E-state index contributed by atoms with van der Waals surface area (Å²) in [7, 11) is 0. The molecule has 162 valence electrons. The number of nitro benzene ring substituents is 1. The van der Waals surface area contributed by atoms with Gasteiger partial charge < -0.3 is 9.64 Å². The van der Waals surface area contributed by atoms with Crippen molar-refractivity contribution in [3.63, 3.8) is 0 Å². The fourth-order valence-electron chi connectivity index (χ4n) is 3.32. The molecule has 1 aliphatic heterocycles. The summed E-state index contributed by atoms with van der Waals surface area (Å²) in [6, 6.07) is 11.2. The minimum atomic E-state index is -0.534. The lowest BCUT2D eigenvalue weighted by atomic mass is 10.1. The molecule has 2 aromatic rings. The van der Waals surface area contributed by atoms with Crippen LogP contribution in [0.25, 0.3) is 0 Å². The molecule has 0 radical (unpaired) electrons. The zero-order valence-electron chi connectivity index (χ0n) is 17.2. The van der Waals surface area contributed by atoms with Crippen molar-refractivity contribution >= 4 is 23.7 Å². The molecule has 9 heteroatoms. The second-order valence-corrected chi connectivity index (χ2v) is 7.21. The Hall–Kier alpha value is -3.75. The van der Waals surface area contributed by atoms with Crippen LogP contribution in [0.4, 0.5) is 5.69 Å². The maximum absolute atomic E-state index is 12.3. The number of hydrogen-bond donors (Lipinski definition) is 1. The molecule has 1 aliphatic rings. The number of benzene rings is 2. The number of carbonyl (C=O) groups is 2. The summed E-state index contributed by atoms with van der Waals surface area (Å²) in [5, 5.41) is 14.9. The molecule has 1 N–H and O–H groups in total. The van der Waals surface area contributed by atoms with Crippen molar-refractivity contribution in [3.8, 4) is 5.75 Å². The number of hydrazone groups is 1. The molecule has 0 spiro atoms. The first-order chi connectivity index (χ1) is 15.0. The monoisotopic (exact) mass is 424 g/mol. The van der Waals surface area contributed by atoms with Crippen molar-refractivity contribution in [2.75, 3.05) is 19.7 Å². The van der Waals surface area contributed by atoms with Crippen LogP contribution in [0.2, 0.25) is 0 Å². The fraction of sp³-hybridized carbons (Fsp3) is 0.318. The smallest absolute Gasteiger partial charge is 0.273 e. The SMILES string of the molecule is Cc1c(C(=O)N/N=C\c2ccc(OCC(=O)N3CCCCC3)cc2)cccc1[N+](=O)[O-]. The number of likely N-dealkylation sites (tertiary alicyclic amines) is 1. The Morgan fingerprint density at radius 1 is 1.16 bits per heavy atom. The molecule has 0 aliphatic carbocycles. The number of amides is 2. The van der Waals surface area contributed by atoms with Crippen LogP contribution in [0.3, 0.4) is 0 Å². The summed E-state index contributed by atoms with van der Waals surface area (Å²) >= 11 is 0. The second kappa shape index (κ2) is 10.3. The van der Waals surface area contributed by atoms with Crippen LogP contribution in [0, 0.1) is 17.0 Å². The lowest BCUT2D eigenvalue weighted by Gasteiger charge is -2.26. The summed E-state index contributed by atoms with van der Waals surface area (Å²) in [5.41, 5.74) is 3.43. The highest BCUT2D eigenvalue weighted by molar-refractivity contribution is 5.97. The Balaban J connectivity index is 1.51. The zero-order chi connectivity index (χ0) is 22.2. The fourth-order valence-corrected chi connectivity index (χ4v) is 3.32. The minimum absolute atomic E-state index is 0.00601. The van der Waals surface area contributed by atoms with Gasteiger partial charge >= 0.3 is 0 Å². The minimum Gasteiger partial charge on any atom is -0.484 e. The molecule has 1 saturated heterocycles. The molecular weight excluding hydrogens is 400 g/mol. The van der Waals surface area contributed by atoms with E-state index in [1.165, 1.54) is 37.8 Å². The van der Waals surface area contributed by atoms with Crippen LogP contribution in [-0.2, 0) is 4.79 Å². The second-order valence-electron chi connectivity index (χ2n) is 7.21. The predicted molar refractivity (Wildman–Crippen MR) is 115 cm³/mol. The van der Waals surface area contributed by atoms with Crippen molar-refractivity contribution in [2.45, 2.75) is 26.2 Å². The van der Waals surface area contributed by atoms with Gasteiger partial charge in [-0.1, -0.05) is 6.07 Å². The molecule has 0 bridgehead atoms.